The Morgan fingerprint density at radius 1 is 1.24 bits per heavy atom. The largest absolute Gasteiger partial charge is 0.497 e. The third kappa shape index (κ3) is 3.43. The molecule has 2 amide bonds. The van der Waals surface area contributed by atoms with Crippen LogP contribution in [0.5, 0.6) is 11.5 Å². The monoisotopic (exact) mass is 394 g/mol. The molecule has 6 heteroatoms. The van der Waals surface area contributed by atoms with Gasteiger partial charge in [0.25, 0.3) is 0 Å². The number of rotatable bonds is 6. The minimum atomic E-state index is -0.825. The van der Waals surface area contributed by atoms with Crippen LogP contribution in [0.1, 0.15) is 31.7 Å². The highest BCUT2D eigenvalue weighted by Crippen LogP contribution is 2.44. The maximum atomic E-state index is 13.7. The van der Waals surface area contributed by atoms with E-state index in [-0.39, 0.29) is 17.9 Å². The zero-order valence-corrected chi connectivity index (χ0v) is 16.8. The molecule has 152 valence electrons. The van der Waals surface area contributed by atoms with Crippen LogP contribution in [0.4, 0.5) is 5.69 Å². The molecule has 0 bridgehead atoms. The third-order valence-electron chi connectivity index (χ3n) is 5.97. The summed E-state index contributed by atoms with van der Waals surface area (Å²) < 4.78 is 11.1. The Labute approximate surface area is 170 Å². The normalized spacial score (nSPS) is 23.0. The third-order valence-corrected chi connectivity index (χ3v) is 5.97. The number of ether oxygens (including phenoxy) is 2. The highest BCUT2D eigenvalue weighted by atomic mass is 16.5. The van der Waals surface area contributed by atoms with E-state index in [1.807, 2.05) is 60.4 Å². The van der Waals surface area contributed by atoms with E-state index in [1.54, 1.807) is 7.11 Å². The maximum Gasteiger partial charge on any atom is 0.237 e. The van der Waals surface area contributed by atoms with Gasteiger partial charge in [-0.05, 0) is 49.6 Å². The van der Waals surface area contributed by atoms with Crippen LogP contribution in [0.2, 0.25) is 0 Å². The van der Waals surface area contributed by atoms with Gasteiger partial charge < -0.3 is 19.7 Å². The topological polar surface area (TPSA) is 67.9 Å². The molecule has 1 N–H and O–H groups in total. The number of hydrogen-bond donors (Lipinski definition) is 1. The highest BCUT2D eigenvalue weighted by Gasteiger charge is 2.53. The zero-order valence-electron chi connectivity index (χ0n) is 16.8. The van der Waals surface area contributed by atoms with Crippen LogP contribution in [-0.4, -0.2) is 43.0 Å². The van der Waals surface area contributed by atoms with Gasteiger partial charge in [-0.3, -0.25) is 9.59 Å². The van der Waals surface area contributed by atoms with Crippen molar-refractivity contribution >= 4 is 17.5 Å². The maximum absolute atomic E-state index is 13.7. The summed E-state index contributed by atoms with van der Waals surface area (Å²) in [5.74, 6) is 1.34. The minimum Gasteiger partial charge on any atom is -0.497 e. The van der Waals surface area contributed by atoms with Crippen molar-refractivity contribution in [2.75, 3.05) is 25.6 Å². The summed E-state index contributed by atoms with van der Waals surface area (Å²) in [6.07, 6.45) is 1.97. The number of carbonyl (C=O) groups excluding carboxylic acids is 2. The number of para-hydroxylation sites is 2. The SMILES string of the molecule is CCOc1ccccc1NC(=O)[C@@]1(c2cccc(OC)c2)C[C@@H]2CCC(=O)N2C1. The number of hydrogen-bond acceptors (Lipinski definition) is 4. The van der Waals surface area contributed by atoms with Crippen molar-refractivity contribution in [2.24, 2.45) is 0 Å². The average Bonchev–Trinajstić information content (AvgIpc) is 3.29. The molecule has 0 unspecified atom stereocenters. The Kier molecular flexibility index (Phi) is 5.18. The second-order valence-corrected chi connectivity index (χ2v) is 7.62. The number of methoxy groups -OCH3 is 1. The predicted molar refractivity (Wildman–Crippen MR) is 110 cm³/mol. The lowest BCUT2D eigenvalue weighted by Crippen LogP contribution is -2.43. The van der Waals surface area contributed by atoms with Crippen molar-refractivity contribution in [1.82, 2.24) is 4.90 Å². The van der Waals surface area contributed by atoms with Crippen molar-refractivity contribution in [3.05, 3.63) is 54.1 Å². The van der Waals surface area contributed by atoms with Gasteiger partial charge in [0.1, 0.15) is 11.5 Å². The molecule has 4 rings (SSSR count). The van der Waals surface area contributed by atoms with E-state index >= 15 is 0 Å². The van der Waals surface area contributed by atoms with Crippen LogP contribution in [0, 0.1) is 0 Å². The number of benzene rings is 2. The van der Waals surface area contributed by atoms with Crippen molar-refractivity contribution in [1.29, 1.82) is 0 Å². The molecule has 0 spiro atoms. The Balaban J connectivity index is 1.71. The van der Waals surface area contributed by atoms with E-state index in [4.69, 9.17) is 9.47 Å². The van der Waals surface area contributed by atoms with Gasteiger partial charge in [0.15, 0.2) is 0 Å². The highest BCUT2D eigenvalue weighted by molar-refractivity contribution is 6.01. The van der Waals surface area contributed by atoms with Crippen LogP contribution in [0.25, 0.3) is 0 Å². The molecule has 0 radical (unpaired) electrons. The summed E-state index contributed by atoms with van der Waals surface area (Å²) in [6, 6.07) is 15.1. The standard InChI is InChI=1S/C23H26N2O4/c1-3-29-20-10-5-4-9-19(20)24-22(27)23(16-7-6-8-18(13-16)28-2)14-17-11-12-21(26)25(17)15-23/h4-10,13,17H,3,11-12,14-15H2,1-2H3,(H,24,27)/t17-,23-/m0/s1. The van der Waals surface area contributed by atoms with Crippen LogP contribution in [0.3, 0.4) is 0 Å². The van der Waals surface area contributed by atoms with Crippen molar-refractivity contribution in [3.63, 3.8) is 0 Å². The lowest BCUT2D eigenvalue weighted by Gasteiger charge is -2.29. The zero-order chi connectivity index (χ0) is 20.4. The van der Waals surface area contributed by atoms with Crippen molar-refractivity contribution in [3.8, 4) is 11.5 Å². The minimum absolute atomic E-state index is 0.0987. The lowest BCUT2D eigenvalue weighted by atomic mass is 9.76. The fraction of sp³-hybridized carbons (Fsp3) is 0.391. The number of fused-ring (bicyclic) bond motifs is 1. The molecule has 0 saturated carbocycles. The van der Waals surface area contributed by atoms with E-state index in [2.05, 4.69) is 5.32 Å². The van der Waals surface area contributed by atoms with E-state index in [0.29, 0.717) is 43.2 Å². The molecule has 2 saturated heterocycles. The first-order chi connectivity index (χ1) is 14.1. The van der Waals surface area contributed by atoms with Crippen LogP contribution < -0.4 is 14.8 Å². The molecule has 2 aromatic carbocycles. The van der Waals surface area contributed by atoms with Gasteiger partial charge in [-0.25, -0.2) is 0 Å². The second kappa shape index (κ2) is 7.78. The Morgan fingerprint density at radius 3 is 2.83 bits per heavy atom. The Bertz CT molecular complexity index is 929. The summed E-state index contributed by atoms with van der Waals surface area (Å²) in [7, 11) is 1.61. The molecule has 2 aromatic rings. The number of carbonyl (C=O) groups is 2. The predicted octanol–water partition coefficient (Wildman–Crippen LogP) is 3.37. The van der Waals surface area contributed by atoms with E-state index in [1.165, 1.54) is 0 Å². The average molecular weight is 394 g/mol. The van der Waals surface area contributed by atoms with Gasteiger partial charge in [0.2, 0.25) is 11.8 Å². The van der Waals surface area contributed by atoms with Crippen LogP contribution in [-0.2, 0) is 15.0 Å². The summed E-state index contributed by atoms with van der Waals surface area (Å²) in [4.78, 5) is 27.9. The molecule has 2 aliphatic heterocycles. The van der Waals surface area contributed by atoms with E-state index < -0.39 is 5.41 Å². The van der Waals surface area contributed by atoms with Gasteiger partial charge in [-0.1, -0.05) is 24.3 Å². The van der Waals surface area contributed by atoms with Gasteiger partial charge in [0.05, 0.1) is 24.8 Å². The summed E-state index contributed by atoms with van der Waals surface area (Å²) in [5, 5.41) is 3.08. The fourth-order valence-corrected chi connectivity index (χ4v) is 4.50. The molecule has 6 nitrogen and oxygen atoms in total. The smallest absolute Gasteiger partial charge is 0.237 e. The first kappa shape index (κ1) is 19.3. The lowest BCUT2D eigenvalue weighted by molar-refractivity contribution is -0.128. The quantitative estimate of drug-likeness (QED) is 0.816. The molecular weight excluding hydrogens is 368 g/mol. The Morgan fingerprint density at radius 2 is 2.07 bits per heavy atom. The van der Waals surface area contributed by atoms with E-state index in [9.17, 15) is 9.59 Å². The van der Waals surface area contributed by atoms with Gasteiger partial charge in [-0.15, -0.1) is 0 Å². The number of nitrogens with one attached hydrogen (secondary N) is 1. The first-order valence-corrected chi connectivity index (χ1v) is 10.0. The molecule has 2 fully saturated rings. The number of amides is 2. The Hall–Kier alpha value is -3.02. The van der Waals surface area contributed by atoms with Gasteiger partial charge >= 0.3 is 0 Å². The molecule has 0 aromatic heterocycles. The van der Waals surface area contributed by atoms with Crippen LogP contribution in [0.15, 0.2) is 48.5 Å². The molecule has 29 heavy (non-hydrogen) atoms. The number of nitrogens with zero attached hydrogens (tertiary/aromatic N) is 1. The van der Waals surface area contributed by atoms with E-state index in [0.717, 1.165) is 12.0 Å². The summed E-state index contributed by atoms with van der Waals surface area (Å²) >= 11 is 0. The summed E-state index contributed by atoms with van der Waals surface area (Å²) in [5.41, 5.74) is 0.680. The molecular formula is C23H26N2O4. The molecule has 2 heterocycles. The molecule has 2 aliphatic rings. The first-order valence-electron chi connectivity index (χ1n) is 10.0. The number of anilines is 1. The second-order valence-electron chi connectivity index (χ2n) is 7.62. The molecule has 0 aliphatic carbocycles. The van der Waals surface area contributed by atoms with Crippen LogP contribution >= 0.6 is 0 Å². The van der Waals surface area contributed by atoms with Crippen molar-refractivity contribution in [2.45, 2.75) is 37.6 Å². The van der Waals surface area contributed by atoms with Gasteiger partial charge in [-0.2, -0.15) is 0 Å². The van der Waals surface area contributed by atoms with Crippen molar-refractivity contribution < 1.29 is 19.1 Å². The summed E-state index contributed by atoms with van der Waals surface area (Å²) in [6.45, 7) is 2.80. The fourth-order valence-electron chi connectivity index (χ4n) is 4.50. The van der Waals surface area contributed by atoms with Gasteiger partial charge in [0, 0.05) is 19.0 Å². The molecule has 2 atom stereocenters.